The van der Waals surface area contributed by atoms with Crippen LogP contribution in [0.1, 0.15) is 10.4 Å². The molecule has 1 aromatic rings. The molecule has 0 saturated heterocycles. The molecule has 0 aliphatic carbocycles. The standard InChI is InChI=1S/C6H6N2O3/c7-6(10)4-1-2-8(11)5(9)3-4/h1-3,11H,(H2,7,10). The summed E-state index contributed by atoms with van der Waals surface area (Å²) >= 11 is 0. The van der Waals surface area contributed by atoms with E-state index in [0.717, 1.165) is 12.3 Å². The van der Waals surface area contributed by atoms with E-state index in [0.29, 0.717) is 4.73 Å². The van der Waals surface area contributed by atoms with Gasteiger partial charge in [-0.1, -0.05) is 0 Å². The fourth-order valence-electron chi connectivity index (χ4n) is 0.625. The van der Waals surface area contributed by atoms with Crippen LogP contribution in [0.15, 0.2) is 23.1 Å². The number of nitrogens with two attached hydrogens (primary N) is 1. The molecule has 5 nitrogen and oxygen atoms in total. The summed E-state index contributed by atoms with van der Waals surface area (Å²) in [5.41, 5.74) is 4.27. The van der Waals surface area contributed by atoms with E-state index in [1.54, 1.807) is 0 Å². The smallest absolute Gasteiger partial charge is 0.283 e. The monoisotopic (exact) mass is 154 g/mol. The zero-order valence-electron chi connectivity index (χ0n) is 5.52. The minimum atomic E-state index is -0.692. The Morgan fingerprint density at radius 1 is 1.64 bits per heavy atom. The van der Waals surface area contributed by atoms with Crippen LogP contribution in [0, 0.1) is 0 Å². The van der Waals surface area contributed by atoms with Gasteiger partial charge in [0.2, 0.25) is 5.91 Å². The molecule has 1 aromatic heterocycles. The molecule has 0 unspecified atom stereocenters. The van der Waals surface area contributed by atoms with Gasteiger partial charge < -0.3 is 10.9 Å². The molecule has 58 valence electrons. The number of carbonyl (C=O) groups is 1. The van der Waals surface area contributed by atoms with E-state index in [-0.39, 0.29) is 5.56 Å². The number of primary amides is 1. The number of pyridine rings is 1. The summed E-state index contributed by atoms with van der Waals surface area (Å²) in [6, 6.07) is 2.21. The molecule has 0 spiro atoms. The largest absolute Gasteiger partial charge is 0.425 e. The third-order valence-electron chi connectivity index (χ3n) is 1.18. The van der Waals surface area contributed by atoms with Crippen molar-refractivity contribution in [3.05, 3.63) is 34.2 Å². The van der Waals surface area contributed by atoms with Crippen LogP contribution in [0.2, 0.25) is 0 Å². The van der Waals surface area contributed by atoms with E-state index in [1.807, 2.05) is 0 Å². The highest BCUT2D eigenvalue weighted by molar-refractivity contribution is 5.92. The fourth-order valence-corrected chi connectivity index (χ4v) is 0.625. The lowest BCUT2D eigenvalue weighted by molar-refractivity contribution is 0.0999. The second kappa shape index (κ2) is 2.45. The molecule has 5 heteroatoms. The Morgan fingerprint density at radius 3 is 2.73 bits per heavy atom. The number of aromatic nitrogens is 1. The Hall–Kier alpha value is -1.78. The summed E-state index contributed by atoms with van der Waals surface area (Å²) in [4.78, 5) is 21.1. The third kappa shape index (κ3) is 1.37. The van der Waals surface area contributed by atoms with Gasteiger partial charge in [-0.05, 0) is 6.07 Å². The molecule has 0 fully saturated rings. The normalized spacial score (nSPS) is 9.45. The molecule has 1 heterocycles. The highest BCUT2D eigenvalue weighted by atomic mass is 16.5. The molecule has 0 aliphatic heterocycles. The zero-order valence-corrected chi connectivity index (χ0v) is 5.52. The van der Waals surface area contributed by atoms with E-state index < -0.39 is 11.5 Å². The average Bonchev–Trinajstić information content (AvgIpc) is 1.94. The van der Waals surface area contributed by atoms with Crippen molar-refractivity contribution in [3.8, 4) is 0 Å². The summed E-state index contributed by atoms with van der Waals surface area (Å²) in [7, 11) is 0. The summed E-state index contributed by atoms with van der Waals surface area (Å²) < 4.78 is 0.367. The van der Waals surface area contributed by atoms with Crippen molar-refractivity contribution in [1.29, 1.82) is 0 Å². The van der Waals surface area contributed by atoms with Gasteiger partial charge in [0.1, 0.15) is 0 Å². The van der Waals surface area contributed by atoms with Gasteiger partial charge in [0.25, 0.3) is 5.56 Å². The van der Waals surface area contributed by atoms with Gasteiger partial charge in [-0.2, -0.15) is 4.73 Å². The predicted molar refractivity (Wildman–Crippen MR) is 36.4 cm³/mol. The SMILES string of the molecule is NC(=O)c1ccn(O)c(=O)c1. The maximum absolute atomic E-state index is 10.6. The lowest BCUT2D eigenvalue weighted by atomic mass is 10.2. The lowest BCUT2D eigenvalue weighted by Crippen LogP contribution is -2.20. The first-order valence-corrected chi connectivity index (χ1v) is 2.83. The fraction of sp³-hybridized carbons (Fsp3) is 0. The average molecular weight is 154 g/mol. The molecule has 0 radical (unpaired) electrons. The molecule has 0 aliphatic rings. The van der Waals surface area contributed by atoms with Crippen molar-refractivity contribution in [2.24, 2.45) is 5.73 Å². The second-order valence-electron chi connectivity index (χ2n) is 1.96. The third-order valence-corrected chi connectivity index (χ3v) is 1.18. The Kier molecular flexibility index (Phi) is 1.63. The molecule has 0 saturated carbocycles. The quantitative estimate of drug-likeness (QED) is 0.518. The summed E-state index contributed by atoms with van der Waals surface area (Å²) in [6.45, 7) is 0. The molecular weight excluding hydrogens is 148 g/mol. The van der Waals surface area contributed by atoms with Gasteiger partial charge in [0, 0.05) is 17.8 Å². The van der Waals surface area contributed by atoms with E-state index in [9.17, 15) is 9.59 Å². The van der Waals surface area contributed by atoms with Gasteiger partial charge in [0.15, 0.2) is 0 Å². The first-order valence-electron chi connectivity index (χ1n) is 2.83. The molecule has 3 N–H and O–H groups in total. The Labute approximate surface area is 61.6 Å². The molecule has 11 heavy (non-hydrogen) atoms. The number of rotatable bonds is 1. The minimum absolute atomic E-state index is 0.0836. The van der Waals surface area contributed by atoms with E-state index in [4.69, 9.17) is 10.9 Å². The van der Waals surface area contributed by atoms with Crippen LogP contribution in [0.5, 0.6) is 0 Å². The molecule has 1 amide bonds. The number of carbonyl (C=O) groups excluding carboxylic acids is 1. The Morgan fingerprint density at radius 2 is 2.27 bits per heavy atom. The summed E-state index contributed by atoms with van der Waals surface area (Å²) in [5, 5.41) is 8.68. The number of amides is 1. The highest BCUT2D eigenvalue weighted by Crippen LogP contribution is 1.90. The van der Waals surface area contributed by atoms with E-state index in [1.165, 1.54) is 6.07 Å². The van der Waals surface area contributed by atoms with Crippen molar-refractivity contribution in [2.75, 3.05) is 0 Å². The maximum atomic E-state index is 10.6. The van der Waals surface area contributed by atoms with Gasteiger partial charge in [-0.15, -0.1) is 0 Å². The van der Waals surface area contributed by atoms with Crippen molar-refractivity contribution in [2.45, 2.75) is 0 Å². The Balaban J connectivity index is 3.26. The molecule has 1 rings (SSSR count). The van der Waals surface area contributed by atoms with Crippen molar-refractivity contribution < 1.29 is 10.0 Å². The van der Waals surface area contributed by atoms with Gasteiger partial charge in [0.05, 0.1) is 0 Å². The van der Waals surface area contributed by atoms with E-state index in [2.05, 4.69) is 0 Å². The van der Waals surface area contributed by atoms with Crippen LogP contribution in [-0.4, -0.2) is 15.8 Å². The first-order chi connectivity index (χ1) is 5.11. The molecule has 0 atom stereocenters. The summed E-state index contributed by atoms with van der Waals surface area (Å²) in [5.74, 6) is -0.692. The molecular formula is C6H6N2O3. The Bertz CT molecular complexity index is 342. The van der Waals surface area contributed by atoms with Crippen LogP contribution in [-0.2, 0) is 0 Å². The molecule has 0 bridgehead atoms. The van der Waals surface area contributed by atoms with Crippen molar-refractivity contribution >= 4 is 5.91 Å². The van der Waals surface area contributed by atoms with Gasteiger partial charge >= 0.3 is 0 Å². The minimum Gasteiger partial charge on any atom is -0.425 e. The molecule has 0 aromatic carbocycles. The van der Waals surface area contributed by atoms with Crippen LogP contribution < -0.4 is 11.3 Å². The number of nitrogens with zero attached hydrogens (tertiary/aromatic N) is 1. The maximum Gasteiger partial charge on any atom is 0.283 e. The first kappa shape index (κ1) is 7.33. The number of hydrogen-bond donors (Lipinski definition) is 2. The lowest BCUT2D eigenvalue weighted by Gasteiger charge is -1.95. The summed E-state index contributed by atoms with van der Waals surface area (Å²) in [6.07, 6.45) is 1.06. The van der Waals surface area contributed by atoms with Crippen LogP contribution in [0.3, 0.4) is 0 Å². The van der Waals surface area contributed by atoms with Crippen molar-refractivity contribution in [3.63, 3.8) is 0 Å². The zero-order chi connectivity index (χ0) is 8.43. The van der Waals surface area contributed by atoms with Crippen LogP contribution >= 0.6 is 0 Å². The number of hydrogen-bond acceptors (Lipinski definition) is 3. The van der Waals surface area contributed by atoms with Crippen LogP contribution in [0.4, 0.5) is 0 Å². The topological polar surface area (TPSA) is 85.3 Å². The van der Waals surface area contributed by atoms with Gasteiger partial charge in [-0.25, -0.2) is 0 Å². The van der Waals surface area contributed by atoms with Crippen LogP contribution in [0.25, 0.3) is 0 Å². The second-order valence-corrected chi connectivity index (χ2v) is 1.96. The van der Waals surface area contributed by atoms with Crippen molar-refractivity contribution in [1.82, 2.24) is 4.73 Å². The van der Waals surface area contributed by atoms with Gasteiger partial charge in [-0.3, -0.25) is 9.59 Å². The highest BCUT2D eigenvalue weighted by Gasteiger charge is 2.00. The van der Waals surface area contributed by atoms with E-state index >= 15 is 0 Å². The predicted octanol–water partition coefficient (Wildman–Crippen LogP) is -0.816.